The summed E-state index contributed by atoms with van der Waals surface area (Å²) in [6.07, 6.45) is 3.09. The maximum atomic E-state index is 11.8. The molecule has 0 aliphatic carbocycles. The molecule has 2 aliphatic rings. The molecule has 5 nitrogen and oxygen atoms in total. The van der Waals surface area contributed by atoms with E-state index in [1.807, 2.05) is 32.9 Å². The van der Waals surface area contributed by atoms with Crippen LogP contribution in [0, 0.1) is 20.8 Å². The first-order valence-electron chi connectivity index (χ1n) is 10.3. The Hall–Kier alpha value is -2.47. The van der Waals surface area contributed by atoms with Gasteiger partial charge in [-0.25, -0.2) is 0 Å². The smallest absolute Gasteiger partial charge is 0.286 e. The molecule has 0 spiro atoms. The Labute approximate surface area is 181 Å². The van der Waals surface area contributed by atoms with Gasteiger partial charge in [-0.05, 0) is 74.8 Å². The predicted octanol–water partition coefficient (Wildman–Crippen LogP) is 4.54. The summed E-state index contributed by atoms with van der Waals surface area (Å²) in [6, 6.07) is 8.23. The monoisotopic (exact) mass is 425 g/mol. The summed E-state index contributed by atoms with van der Waals surface area (Å²) in [7, 11) is 0. The number of nitrogens with one attached hydrogen (secondary N) is 1. The van der Waals surface area contributed by atoms with Crippen molar-refractivity contribution in [1.29, 1.82) is 0 Å². The molecule has 158 valence electrons. The Morgan fingerprint density at radius 2 is 1.77 bits per heavy atom. The third-order valence-corrected chi connectivity index (χ3v) is 7.36. The first-order chi connectivity index (χ1) is 14.2. The molecular formula is C24H27NO4S. The molecular weight excluding hydrogens is 398 g/mol. The number of rotatable bonds is 4. The molecule has 0 aromatic heterocycles. The van der Waals surface area contributed by atoms with Crippen LogP contribution in [0.25, 0.3) is 0 Å². The summed E-state index contributed by atoms with van der Waals surface area (Å²) in [5.74, 6) is 1.09. The van der Waals surface area contributed by atoms with Gasteiger partial charge in [-0.2, -0.15) is 0 Å². The summed E-state index contributed by atoms with van der Waals surface area (Å²) in [6.45, 7) is 8.05. The van der Waals surface area contributed by atoms with Crippen LogP contribution in [-0.4, -0.2) is 27.1 Å². The molecule has 2 aromatic carbocycles. The van der Waals surface area contributed by atoms with Gasteiger partial charge in [-0.1, -0.05) is 36.0 Å². The Morgan fingerprint density at radius 1 is 1.10 bits per heavy atom. The van der Waals surface area contributed by atoms with Crippen LogP contribution in [0.1, 0.15) is 46.7 Å². The molecule has 1 saturated heterocycles. The number of fused-ring (bicyclic) bond motifs is 1. The Morgan fingerprint density at radius 3 is 2.40 bits per heavy atom. The quantitative estimate of drug-likeness (QED) is 0.752. The Bertz CT molecular complexity index is 1030. The number of hydrogen-bond donors (Lipinski definition) is 2. The van der Waals surface area contributed by atoms with Crippen LogP contribution in [0.3, 0.4) is 0 Å². The van der Waals surface area contributed by atoms with E-state index >= 15 is 0 Å². The summed E-state index contributed by atoms with van der Waals surface area (Å²) in [4.78, 5) is 23.1. The fourth-order valence-corrected chi connectivity index (χ4v) is 5.25. The van der Waals surface area contributed by atoms with Crippen LogP contribution < -0.4 is 10.1 Å². The highest BCUT2D eigenvalue weighted by molar-refractivity contribution is 8.15. The molecule has 0 radical (unpaired) electrons. The minimum absolute atomic E-state index is 0.206. The molecule has 30 heavy (non-hydrogen) atoms. The molecule has 2 atom stereocenters. The number of benzene rings is 2. The summed E-state index contributed by atoms with van der Waals surface area (Å²) < 4.78 is 6.53. The predicted molar refractivity (Wildman–Crippen MR) is 118 cm³/mol. The van der Waals surface area contributed by atoms with Gasteiger partial charge >= 0.3 is 0 Å². The fourth-order valence-electron chi connectivity index (χ4n) is 4.39. The van der Waals surface area contributed by atoms with E-state index in [1.165, 1.54) is 5.56 Å². The normalized spacial score (nSPS) is 23.1. The van der Waals surface area contributed by atoms with Gasteiger partial charge in [0.25, 0.3) is 5.24 Å². The van der Waals surface area contributed by atoms with Crippen molar-refractivity contribution in [2.24, 2.45) is 0 Å². The number of imide groups is 1. The number of thioether (sulfide) groups is 1. The third kappa shape index (κ3) is 3.81. The molecule has 2 amide bonds. The number of aromatic hydroxyl groups is 1. The van der Waals surface area contributed by atoms with Crippen molar-refractivity contribution in [2.45, 2.75) is 64.2 Å². The van der Waals surface area contributed by atoms with Gasteiger partial charge in [-0.3, -0.25) is 14.9 Å². The van der Waals surface area contributed by atoms with Crippen molar-refractivity contribution < 1.29 is 19.4 Å². The lowest BCUT2D eigenvalue weighted by atomic mass is 9.84. The standard InChI is InChI=1S/C24H27NO4S/c1-13-14(2)21-18(15(3)20(13)26)9-10-24(4,29-21)12-17-7-5-16(6-8-17)11-19-22(27)25-23(28)30-19/h5-8,19,26H,9-12H2,1-4H3,(H,25,27,28)/t19-,24-/m0/s1. The minimum Gasteiger partial charge on any atom is -0.507 e. The van der Waals surface area contributed by atoms with E-state index in [0.29, 0.717) is 12.2 Å². The van der Waals surface area contributed by atoms with Crippen LogP contribution in [-0.2, 0) is 24.1 Å². The van der Waals surface area contributed by atoms with Gasteiger partial charge in [0.15, 0.2) is 0 Å². The van der Waals surface area contributed by atoms with E-state index in [1.54, 1.807) is 0 Å². The maximum absolute atomic E-state index is 11.8. The number of phenolic OH excluding ortho intramolecular Hbond substituents is 1. The summed E-state index contributed by atoms with van der Waals surface area (Å²) in [5.41, 5.74) is 5.83. The van der Waals surface area contributed by atoms with Crippen molar-refractivity contribution >= 4 is 22.9 Å². The molecule has 6 heteroatoms. The maximum Gasteiger partial charge on any atom is 0.286 e. The van der Waals surface area contributed by atoms with Gasteiger partial charge < -0.3 is 9.84 Å². The highest BCUT2D eigenvalue weighted by Gasteiger charge is 2.35. The summed E-state index contributed by atoms with van der Waals surface area (Å²) in [5, 5.41) is 12.1. The lowest BCUT2D eigenvalue weighted by Gasteiger charge is -2.38. The van der Waals surface area contributed by atoms with Crippen LogP contribution in [0.4, 0.5) is 4.79 Å². The van der Waals surface area contributed by atoms with Crippen molar-refractivity contribution in [3.63, 3.8) is 0 Å². The number of hydrogen-bond acceptors (Lipinski definition) is 5. The lowest BCUT2D eigenvalue weighted by Crippen LogP contribution is -2.39. The number of amides is 2. The zero-order valence-corrected chi connectivity index (χ0v) is 18.6. The molecule has 4 rings (SSSR count). The van der Waals surface area contributed by atoms with E-state index in [-0.39, 0.29) is 22.0 Å². The minimum atomic E-state index is -0.343. The number of phenols is 1. The highest BCUT2D eigenvalue weighted by Crippen LogP contribution is 2.44. The van der Waals surface area contributed by atoms with E-state index < -0.39 is 0 Å². The van der Waals surface area contributed by atoms with Crippen molar-refractivity contribution in [1.82, 2.24) is 5.32 Å². The van der Waals surface area contributed by atoms with Gasteiger partial charge in [0.1, 0.15) is 17.1 Å². The van der Waals surface area contributed by atoms with Crippen molar-refractivity contribution in [3.8, 4) is 11.5 Å². The number of ether oxygens (including phenoxy) is 1. The molecule has 2 aliphatic heterocycles. The SMILES string of the molecule is Cc1c(C)c2c(c(C)c1O)CC[C@@](C)(Cc1ccc(C[C@@H]3SC(=O)NC3=O)cc1)O2. The third-order valence-electron chi connectivity index (χ3n) is 6.38. The van der Waals surface area contributed by atoms with Gasteiger partial charge in [0, 0.05) is 12.0 Å². The Kier molecular flexibility index (Phi) is 5.30. The number of carbonyl (C=O) groups excluding carboxylic acids is 2. The van der Waals surface area contributed by atoms with E-state index in [9.17, 15) is 14.7 Å². The first-order valence-corrected chi connectivity index (χ1v) is 11.1. The van der Waals surface area contributed by atoms with Crippen molar-refractivity contribution in [2.75, 3.05) is 0 Å². The summed E-state index contributed by atoms with van der Waals surface area (Å²) >= 11 is 1.06. The Balaban J connectivity index is 1.48. The largest absolute Gasteiger partial charge is 0.507 e. The molecule has 2 aromatic rings. The van der Waals surface area contributed by atoms with Gasteiger partial charge in [0.05, 0.1) is 5.25 Å². The van der Waals surface area contributed by atoms with Gasteiger partial charge in [-0.15, -0.1) is 0 Å². The second-order valence-electron chi connectivity index (χ2n) is 8.66. The van der Waals surface area contributed by atoms with Crippen LogP contribution in [0.2, 0.25) is 0 Å². The fraction of sp³-hybridized carbons (Fsp3) is 0.417. The average molecular weight is 426 g/mol. The zero-order valence-electron chi connectivity index (χ0n) is 17.8. The van der Waals surface area contributed by atoms with E-state index in [2.05, 4.69) is 24.4 Å². The van der Waals surface area contributed by atoms with Gasteiger partial charge in [0.2, 0.25) is 5.91 Å². The molecule has 0 unspecified atom stereocenters. The highest BCUT2D eigenvalue weighted by atomic mass is 32.2. The van der Waals surface area contributed by atoms with Crippen LogP contribution >= 0.6 is 11.8 Å². The zero-order chi connectivity index (χ0) is 21.6. The van der Waals surface area contributed by atoms with Crippen LogP contribution in [0.5, 0.6) is 11.5 Å². The number of carbonyl (C=O) groups is 2. The topological polar surface area (TPSA) is 75.6 Å². The van der Waals surface area contributed by atoms with E-state index in [4.69, 9.17) is 4.74 Å². The van der Waals surface area contributed by atoms with E-state index in [0.717, 1.165) is 64.6 Å². The molecule has 0 bridgehead atoms. The molecule has 2 N–H and O–H groups in total. The lowest BCUT2D eigenvalue weighted by molar-refractivity contribution is -0.118. The molecule has 1 fully saturated rings. The molecule has 2 heterocycles. The second-order valence-corrected chi connectivity index (χ2v) is 9.84. The second kappa shape index (κ2) is 7.65. The average Bonchev–Trinajstić information content (AvgIpc) is 3.02. The first kappa shape index (κ1) is 20.8. The van der Waals surface area contributed by atoms with Crippen LogP contribution in [0.15, 0.2) is 24.3 Å². The molecule has 0 saturated carbocycles. The van der Waals surface area contributed by atoms with Crippen molar-refractivity contribution in [3.05, 3.63) is 57.6 Å².